The van der Waals surface area contributed by atoms with E-state index in [9.17, 15) is 9.59 Å². The molecule has 1 N–H and O–H groups in total. The summed E-state index contributed by atoms with van der Waals surface area (Å²) in [4.78, 5) is 25.5. The molecule has 6 nitrogen and oxygen atoms in total. The Morgan fingerprint density at radius 3 is 2.86 bits per heavy atom. The van der Waals surface area contributed by atoms with Crippen LogP contribution in [0.25, 0.3) is 0 Å². The van der Waals surface area contributed by atoms with Gasteiger partial charge in [0.1, 0.15) is 10.0 Å². The van der Waals surface area contributed by atoms with Gasteiger partial charge in [-0.05, 0) is 19.3 Å². The maximum atomic E-state index is 11.8. The first kappa shape index (κ1) is 15.9. The lowest BCUT2D eigenvalue weighted by molar-refractivity contribution is -0.131. The number of hydrogen-bond donors (Lipinski definition) is 1. The zero-order valence-electron chi connectivity index (χ0n) is 12.4. The first-order valence-corrected chi connectivity index (χ1v) is 8.36. The van der Waals surface area contributed by atoms with Crippen molar-refractivity contribution in [2.24, 2.45) is 0 Å². The number of aromatic nitrogens is 2. The van der Waals surface area contributed by atoms with E-state index in [-0.39, 0.29) is 11.8 Å². The maximum absolute atomic E-state index is 11.8. The lowest BCUT2D eigenvalue weighted by Gasteiger charge is -2.19. The Kier molecular flexibility index (Phi) is 6.10. The summed E-state index contributed by atoms with van der Waals surface area (Å²) >= 11 is 1.52. The zero-order valence-corrected chi connectivity index (χ0v) is 13.2. The lowest BCUT2D eigenvalue weighted by atomic mass is 10.2. The van der Waals surface area contributed by atoms with Gasteiger partial charge in [-0.25, -0.2) is 0 Å². The van der Waals surface area contributed by atoms with Crippen molar-refractivity contribution in [1.82, 2.24) is 20.4 Å². The molecule has 2 heterocycles. The fraction of sp³-hybridized carbons (Fsp3) is 0.714. The number of nitrogens with zero attached hydrogens (tertiary/aromatic N) is 3. The van der Waals surface area contributed by atoms with Gasteiger partial charge >= 0.3 is 0 Å². The number of nitrogens with one attached hydrogen (secondary N) is 1. The molecule has 0 atom stereocenters. The highest BCUT2D eigenvalue weighted by Crippen LogP contribution is 2.12. The second-order valence-corrected chi connectivity index (χ2v) is 6.31. The molecule has 1 aliphatic rings. The molecule has 2 amide bonds. The van der Waals surface area contributed by atoms with Crippen LogP contribution in [0.3, 0.4) is 0 Å². The number of carbonyl (C=O) groups is 2. The third-order valence-electron chi connectivity index (χ3n) is 3.53. The van der Waals surface area contributed by atoms with Gasteiger partial charge in [0.25, 0.3) is 0 Å². The van der Waals surface area contributed by atoms with Gasteiger partial charge in [0.15, 0.2) is 0 Å². The highest BCUT2D eigenvalue weighted by Gasteiger charge is 2.17. The first-order valence-electron chi connectivity index (χ1n) is 7.54. The number of hydrogen-bond acceptors (Lipinski definition) is 5. The van der Waals surface area contributed by atoms with Crippen LogP contribution in [0.4, 0.5) is 0 Å². The highest BCUT2D eigenvalue weighted by molar-refractivity contribution is 7.11. The molecule has 0 aliphatic carbocycles. The molecule has 0 spiro atoms. The second kappa shape index (κ2) is 8.07. The van der Waals surface area contributed by atoms with E-state index >= 15 is 0 Å². The van der Waals surface area contributed by atoms with E-state index in [0.717, 1.165) is 42.2 Å². The van der Waals surface area contributed by atoms with Gasteiger partial charge in [-0.2, -0.15) is 0 Å². The molecule has 7 heteroatoms. The van der Waals surface area contributed by atoms with Crippen LogP contribution in [0.2, 0.25) is 0 Å². The van der Waals surface area contributed by atoms with Crippen LogP contribution in [0.1, 0.15) is 49.0 Å². The molecule has 0 saturated carbocycles. The van der Waals surface area contributed by atoms with E-state index < -0.39 is 0 Å². The number of carbonyl (C=O) groups excluding carboxylic acids is 2. The predicted molar refractivity (Wildman–Crippen MR) is 80.8 cm³/mol. The van der Waals surface area contributed by atoms with Crippen LogP contribution in [0, 0.1) is 0 Å². The predicted octanol–water partition coefficient (Wildman–Crippen LogP) is 1.51. The summed E-state index contributed by atoms with van der Waals surface area (Å²) in [5.74, 6) is 0.136. The average Bonchev–Trinajstić information content (AvgIpc) is 2.86. The van der Waals surface area contributed by atoms with Crippen molar-refractivity contribution in [1.29, 1.82) is 0 Å². The third-order valence-corrected chi connectivity index (χ3v) is 4.60. The Morgan fingerprint density at radius 2 is 2.10 bits per heavy atom. The smallest absolute Gasteiger partial charge is 0.222 e. The van der Waals surface area contributed by atoms with Crippen molar-refractivity contribution >= 4 is 23.2 Å². The minimum atomic E-state index is -0.0414. The molecule has 21 heavy (non-hydrogen) atoms. The molecular weight excluding hydrogens is 288 g/mol. The number of rotatable bonds is 6. The van der Waals surface area contributed by atoms with Crippen LogP contribution >= 0.6 is 11.3 Å². The first-order chi connectivity index (χ1) is 10.2. The Labute approximate surface area is 128 Å². The van der Waals surface area contributed by atoms with Crippen molar-refractivity contribution in [2.75, 3.05) is 13.1 Å². The summed E-state index contributed by atoms with van der Waals surface area (Å²) in [6, 6.07) is 0. The summed E-state index contributed by atoms with van der Waals surface area (Å²) < 4.78 is 0. The summed E-state index contributed by atoms with van der Waals surface area (Å²) in [6.07, 6.45) is 4.95. The fourth-order valence-corrected chi connectivity index (χ4v) is 3.00. The van der Waals surface area contributed by atoms with Gasteiger partial charge in [0, 0.05) is 25.9 Å². The van der Waals surface area contributed by atoms with E-state index in [1.165, 1.54) is 11.3 Å². The molecule has 0 bridgehead atoms. The molecule has 2 rings (SSSR count). The zero-order chi connectivity index (χ0) is 15.1. The highest BCUT2D eigenvalue weighted by atomic mass is 32.1. The lowest BCUT2D eigenvalue weighted by Crippen LogP contribution is -2.34. The van der Waals surface area contributed by atoms with Crippen molar-refractivity contribution in [2.45, 2.75) is 52.0 Å². The summed E-state index contributed by atoms with van der Waals surface area (Å²) in [5.41, 5.74) is 0. The largest absolute Gasteiger partial charge is 0.349 e. The number of aryl methyl sites for hydroxylation is 1. The maximum Gasteiger partial charge on any atom is 0.222 e. The molecule has 1 aromatic rings. The molecule has 1 aromatic heterocycles. The molecule has 0 radical (unpaired) electrons. The quantitative estimate of drug-likeness (QED) is 0.864. The van der Waals surface area contributed by atoms with Crippen LogP contribution in [-0.4, -0.2) is 40.0 Å². The third kappa shape index (κ3) is 5.08. The molecule has 1 saturated heterocycles. The van der Waals surface area contributed by atoms with Crippen LogP contribution in [0.15, 0.2) is 0 Å². The Balaban J connectivity index is 1.70. The molecular formula is C14H22N4O2S. The number of amides is 2. The monoisotopic (exact) mass is 310 g/mol. The second-order valence-electron chi connectivity index (χ2n) is 5.16. The van der Waals surface area contributed by atoms with Crippen molar-refractivity contribution in [3.05, 3.63) is 10.0 Å². The van der Waals surface area contributed by atoms with Gasteiger partial charge in [-0.1, -0.05) is 24.7 Å². The standard InChI is InChI=1S/C14H22N4O2S/c1-2-12-16-17-13(21-12)10-15-11(19)7-9-18-8-5-3-4-6-14(18)20/h2-10H2,1H3,(H,15,19). The molecule has 1 fully saturated rings. The van der Waals surface area contributed by atoms with Crippen molar-refractivity contribution in [3.8, 4) is 0 Å². The topological polar surface area (TPSA) is 75.2 Å². The Hall–Kier alpha value is -1.50. The number of likely N-dealkylation sites (tertiary alicyclic amines) is 1. The molecule has 116 valence electrons. The molecule has 1 aliphatic heterocycles. The van der Waals surface area contributed by atoms with Crippen molar-refractivity contribution < 1.29 is 9.59 Å². The van der Waals surface area contributed by atoms with Crippen LogP contribution in [-0.2, 0) is 22.6 Å². The van der Waals surface area contributed by atoms with E-state index in [4.69, 9.17) is 0 Å². The van der Waals surface area contributed by atoms with Crippen LogP contribution < -0.4 is 5.32 Å². The van der Waals surface area contributed by atoms with E-state index in [1.807, 2.05) is 11.8 Å². The average molecular weight is 310 g/mol. The fourth-order valence-electron chi connectivity index (χ4n) is 2.28. The SMILES string of the molecule is CCc1nnc(CNC(=O)CCN2CCCCCC2=O)s1. The van der Waals surface area contributed by atoms with Crippen molar-refractivity contribution in [3.63, 3.8) is 0 Å². The molecule has 0 unspecified atom stereocenters. The van der Waals surface area contributed by atoms with Gasteiger partial charge in [0.2, 0.25) is 11.8 Å². The summed E-state index contributed by atoms with van der Waals surface area (Å²) in [6.45, 7) is 3.74. The summed E-state index contributed by atoms with van der Waals surface area (Å²) in [5, 5.41) is 12.7. The molecule has 0 aromatic carbocycles. The van der Waals surface area contributed by atoms with E-state index in [1.54, 1.807) is 0 Å². The normalized spacial score (nSPS) is 15.9. The Bertz CT molecular complexity index is 489. The van der Waals surface area contributed by atoms with Gasteiger partial charge in [-0.3, -0.25) is 9.59 Å². The van der Waals surface area contributed by atoms with Gasteiger partial charge in [-0.15, -0.1) is 10.2 Å². The minimum Gasteiger partial charge on any atom is -0.349 e. The summed E-state index contributed by atoms with van der Waals surface area (Å²) in [7, 11) is 0. The van der Waals surface area contributed by atoms with Crippen LogP contribution in [0.5, 0.6) is 0 Å². The van der Waals surface area contributed by atoms with E-state index in [2.05, 4.69) is 15.5 Å². The minimum absolute atomic E-state index is 0.0414. The Morgan fingerprint density at radius 1 is 1.29 bits per heavy atom. The van der Waals surface area contributed by atoms with E-state index in [0.29, 0.717) is 25.9 Å². The van der Waals surface area contributed by atoms with Gasteiger partial charge in [0.05, 0.1) is 6.54 Å². The van der Waals surface area contributed by atoms with Gasteiger partial charge < -0.3 is 10.2 Å².